The Bertz CT molecular complexity index is 337. The fourth-order valence-electron chi connectivity index (χ4n) is 1.89. The van der Waals surface area contributed by atoms with Crippen molar-refractivity contribution in [1.29, 1.82) is 0 Å². The van der Waals surface area contributed by atoms with Gasteiger partial charge in [0.1, 0.15) is 6.61 Å². The molecule has 100 valence electrons. The maximum absolute atomic E-state index is 5.59. The van der Waals surface area contributed by atoms with Gasteiger partial charge in [0.2, 0.25) is 5.88 Å². The number of aromatic nitrogens is 2. The zero-order valence-corrected chi connectivity index (χ0v) is 10.9. The second-order valence-electron chi connectivity index (χ2n) is 4.44. The number of nitrogens with one attached hydrogen (secondary N) is 1. The van der Waals surface area contributed by atoms with E-state index < -0.39 is 0 Å². The van der Waals surface area contributed by atoms with E-state index >= 15 is 0 Å². The van der Waals surface area contributed by atoms with Crippen molar-refractivity contribution >= 4 is 0 Å². The van der Waals surface area contributed by atoms with Gasteiger partial charge in [0.15, 0.2) is 0 Å². The minimum absolute atomic E-state index is 0.210. The number of hydrogen-bond acceptors (Lipinski definition) is 5. The fourth-order valence-corrected chi connectivity index (χ4v) is 1.89. The Labute approximate surface area is 108 Å². The summed E-state index contributed by atoms with van der Waals surface area (Å²) in [5.41, 5.74) is 0.929. The summed E-state index contributed by atoms with van der Waals surface area (Å²) in [6.45, 7) is 5.16. The van der Waals surface area contributed by atoms with Crippen LogP contribution < -0.4 is 10.1 Å². The zero-order chi connectivity index (χ0) is 12.6. The molecule has 2 rings (SSSR count). The first-order valence-electron chi connectivity index (χ1n) is 6.66. The highest BCUT2D eigenvalue weighted by atomic mass is 16.5. The van der Waals surface area contributed by atoms with E-state index in [1.54, 1.807) is 0 Å². The van der Waals surface area contributed by atoms with Crippen molar-refractivity contribution in [1.82, 2.24) is 15.5 Å². The molecule has 18 heavy (non-hydrogen) atoms. The number of nitrogens with zero attached hydrogens (tertiary/aromatic N) is 2. The van der Waals surface area contributed by atoms with E-state index in [1.165, 1.54) is 6.42 Å². The van der Waals surface area contributed by atoms with Gasteiger partial charge in [0, 0.05) is 19.2 Å². The smallest absolute Gasteiger partial charge is 0.233 e. The minimum Gasteiger partial charge on any atom is -0.474 e. The molecule has 0 radical (unpaired) electrons. The lowest BCUT2D eigenvalue weighted by Crippen LogP contribution is -2.26. The Morgan fingerprint density at radius 3 is 3.00 bits per heavy atom. The van der Waals surface area contributed by atoms with Crippen LogP contribution in [0.1, 0.15) is 31.9 Å². The van der Waals surface area contributed by atoms with E-state index in [0.717, 1.165) is 38.2 Å². The zero-order valence-electron chi connectivity index (χ0n) is 10.9. The Morgan fingerprint density at radius 2 is 2.33 bits per heavy atom. The summed E-state index contributed by atoms with van der Waals surface area (Å²) in [7, 11) is 0. The lowest BCUT2D eigenvalue weighted by atomic mass is 10.1. The van der Waals surface area contributed by atoms with Crippen molar-refractivity contribution in [3.63, 3.8) is 0 Å². The molecule has 0 saturated carbocycles. The molecule has 1 unspecified atom stereocenters. The summed E-state index contributed by atoms with van der Waals surface area (Å²) < 4.78 is 11.2. The number of rotatable bonds is 6. The molecule has 5 heteroatoms. The Hall–Kier alpha value is -1.20. The monoisotopic (exact) mass is 251 g/mol. The lowest BCUT2D eigenvalue weighted by molar-refractivity contribution is -0.0121. The minimum atomic E-state index is 0.210. The van der Waals surface area contributed by atoms with Crippen LogP contribution in [0.25, 0.3) is 0 Å². The standard InChI is InChI=1S/C13H21N3O2/c1-2-14-9-11-6-7-13(16-15-11)18-10-12-5-3-4-8-17-12/h6-7,12,14H,2-5,8-10H2,1H3. The van der Waals surface area contributed by atoms with Crippen molar-refractivity contribution in [3.05, 3.63) is 17.8 Å². The molecule has 1 atom stereocenters. The van der Waals surface area contributed by atoms with E-state index in [9.17, 15) is 0 Å². The van der Waals surface area contributed by atoms with Gasteiger partial charge in [-0.25, -0.2) is 0 Å². The molecule has 1 N–H and O–H groups in total. The van der Waals surface area contributed by atoms with Crippen molar-refractivity contribution in [2.45, 2.75) is 38.8 Å². The molecule has 0 spiro atoms. The molecular weight excluding hydrogens is 230 g/mol. The normalized spacial score (nSPS) is 19.7. The van der Waals surface area contributed by atoms with Gasteiger partial charge in [0.25, 0.3) is 0 Å². The highest BCUT2D eigenvalue weighted by Crippen LogP contribution is 2.14. The van der Waals surface area contributed by atoms with Crippen LogP contribution in [-0.2, 0) is 11.3 Å². The maximum atomic E-state index is 5.59. The first-order chi connectivity index (χ1) is 8.88. The number of hydrogen-bond donors (Lipinski definition) is 1. The summed E-state index contributed by atoms with van der Waals surface area (Å²) in [6, 6.07) is 3.80. The van der Waals surface area contributed by atoms with E-state index in [-0.39, 0.29) is 6.10 Å². The number of ether oxygens (including phenoxy) is 2. The second kappa shape index (κ2) is 7.28. The van der Waals surface area contributed by atoms with Crippen molar-refractivity contribution in [2.24, 2.45) is 0 Å². The molecular formula is C13H21N3O2. The van der Waals surface area contributed by atoms with Gasteiger partial charge >= 0.3 is 0 Å². The van der Waals surface area contributed by atoms with Crippen molar-refractivity contribution in [3.8, 4) is 5.88 Å². The van der Waals surface area contributed by atoms with Crippen LogP contribution in [0.15, 0.2) is 12.1 Å². The molecule has 1 aromatic rings. The van der Waals surface area contributed by atoms with Gasteiger partial charge in [-0.15, -0.1) is 5.10 Å². The molecule has 2 heterocycles. The second-order valence-corrected chi connectivity index (χ2v) is 4.44. The highest BCUT2D eigenvalue weighted by Gasteiger charge is 2.14. The largest absolute Gasteiger partial charge is 0.474 e. The van der Waals surface area contributed by atoms with Crippen molar-refractivity contribution < 1.29 is 9.47 Å². The quantitative estimate of drug-likeness (QED) is 0.831. The van der Waals surface area contributed by atoms with Gasteiger partial charge in [-0.05, 0) is 31.9 Å². The van der Waals surface area contributed by atoms with Gasteiger partial charge in [-0.1, -0.05) is 6.92 Å². The van der Waals surface area contributed by atoms with E-state index in [2.05, 4.69) is 22.4 Å². The molecule has 0 aliphatic carbocycles. The van der Waals surface area contributed by atoms with Crippen molar-refractivity contribution in [2.75, 3.05) is 19.8 Å². The lowest BCUT2D eigenvalue weighted by Gasteiger charge is -2.22. The molecule has 0 aromatic carbocycles. The topological polar surface area (TPSA) is 56.3 Å². The Balaban J connectivity index is 1.75. The Kier molecular flexibility index (Phi) is 5.36. The first-order valence-corrected chi connectivity index (χ1v) is 6.66. The molecule has 1 aliphatic heterocycles. The van der Waals surface area contributed by atoms with Crippen LogP contribution in [0.4, 0.5) is 0 Å². The predicted molar refractivity (Wildman–Crippen MR) is 68.5 cm³/mol. The summed E-state index contributed by atoms with van der Waals surface area (Å²) >= 11 is 0. The van der Waals surface area contributed by atoms with Gasteiger partial charge in [-0.2, -0.15) is 5.10 Å². The average molecular weight is 251 g/mol. The van der Waals surface area contributed by atoms with Crippen LogP contribution >= 0.6 is 0 Å². The van der Waals surface area contributed by atoms with Crippen LogP contribution in [-0.4, -0.2) is 36.1 Å². The third-order valence-electron chi connectivity index (χ3n) is 2.94. The van der Waals surface area contributed by atoms with Crippen LogP contribution in [0.2, 0.25) is 0 Å². The molecule has 1 aromatic heterocycles. The predicted octanol–water partition coefficient (Wildman–Crippen LogP) is 1.53. The molecule has 0 bridgehead atoms. The van der Waals surface area contributed by atoms with E-state index in [4.69, 9.17) is 9.47 Å². The molecule has 0 amide bonds. The summed E-state index contributed by atoms with van der Waals surface area (Å²) in [5, 5.41) is 11.4. The first kappa shape index (κ1) is 13.2. The van der Waals surface area contributed by atoms with Gasteiger partial charge in [-0.3, -0.25) is 0 Å². The van der Waals surface area contributed by atoms with Crippen LogP contribution in [0.3, 0.4) is 0 Å². The fraction of sp³-hybridized carbons (Fsp3) is 0.692. The van der Waals surface area contributed by atoms with Gasteiger partial charge in [0.05, 0.1) is 11.8 Å². The summed E-state index contributed by atoms with van der Waals surface area (Å²) in [4.78, 5) is 0. The average Bonchev–Trinajstić information content (AvgIpc) is 2.45. The van der Waals surface area contributed by atoms with Crippen LogP contribution in [0.5, 0.6) is 5.88 Å². The molecule has 5 nitrogen and oxygen atoms in total. The van der Waals surface area contributed by atoms with Gasteiger partial charge < -0.3 is 14.8 Å². The third kappa shape index (κ3) is 4.23. The highest BCUT2D eigenvalue weighted by molar-refractivity contribution is 5.11. The van der Waals surface area contributed by atoms with Crippen LogP contribution in [0, 0.1) is 0 Å². The third-order valence-corrected chi connectivity index (χ3v) is 2.94. The maximum Gasteiger partial charge on any atom is 0.233 e. The summed E-state index contributed by atoms with van der Waals surface area (Å²) in [6.07, 6.45) is 3.67. The Morgan fingerprint density at radius 1 is 1.39 bits per heavy atom. The molecule has 1 aliphatic rings. The van der Waals surface area contributed by atoms with E-state index in [0.29, 0.717) is 12.5 Å². The molecule has 1 saturated heterocycles. The SMILES string of the molecule is CCNCc1ccc(OCC2CCCCO2)nn1. The molecule has 1 fully saturated rings. The van der Waals surface area contributed by atoms with E-state index in [1.807, 2.05) is 12.1 Å². The summed E-state index contributed by atoms with van der Waals surface area (Å²) in [5.74, 6) is 0.574.